The number of aliphatic hydroxyl groups excluding tert-OH is 1. The molecule has 0 saturated carbocycles. The number of hydrogen-bond donors (Lipinski definition) is 2. The highest BCUT2D eigenvalue weighted by Gasteiger charge is 2.16. The lowest BCUT2D eigenvalue weighted by Crippen LogP contribution is -2.22. The first-order chi connectivity index (χ1) is 9.31. The molecule has 0 fully saturated rings. The Morgan fingerprint density at radius 2 is 2.16 bits per heavy atom. The van der Waals surface area contributed by atoms with E-state index >= 15 is 0 Å². The summed E-state index contributed by atoms with van der Waals surface area (Å²) in [6.45, 7) is 2.45. The van der Waals surface area contributed by atoms with Crippen LogP contribution in [0.1, 0.15) is 24.5 Å². The lowest BCUT2D eigenvalue weighted by atomic mass is 10.1. The number of unbranched alkanes of at least 4 members (excludes halogenated alkanes) is 1. The van der Waals surface area contributed by atoms with Gasteiger partial charge in [-0.15, -0.1) is 0 Å². The third kappa shape index (κ3) is 4.09. The number of benzene rings is 1. The molecule has 1 aliphatic rings. The number of rotatable bonds is 8. The molecule has 0 radical (unpaired) electrons. The molecular weight excluding hydrogens is 246 g/mol. The van der Waals surface area contributed by atoms with Crippen LogP contribution < -0.4 is 14.8 Å². The topological polar surface area (TPSA) is 60.0 Å². The van der Waals surface area contributed by atoms with Gasteiger partial charge in [-0.05, 0) is 37.1 Å². The van der Waals surface area contributed by atoms with Crippen molar-refractivity contribution in [2.75, 3.05) is 33.6 Å². The van der Waals surface area contributed by atoms with Gasteiger partial charge in [0.2, 0.25) is 6.79 Å². The van der Waals surface area contributed by atoms with Gasteiger partial charge >= 0.3 is 0 Å². The Balaban J connectivity index is 1.72. The molecule has 0 aliphatic carbocycles. The van der Waals surface area contributed by atoms with E-state index in [0.717, 1.165) is 37.3 Å². The van der Waals surface area contributed by atoms with Gasteiger partial charge in [0.25, 0.3) is 0 Å². The van der Waals surface area contributed by atoms with Gasteiger partial charge in [0.1, 0.15) is 0 Å². The molecule has 19 heavy (non-hydrogen) atoms. The van der Waals surface area contributed by atoms with E-state index in [-0.39, 0.29) is 6.79 Å². The number of hydrogen-bond acceptors (Lipinski definition) is 5. The predicted molar refractivity (Wildman–Crippen MR) is 71.5 cm³/mol. The van der Waals surface area contributed by atoms with Crippen molar-refractivity contribution in [1.82, 2.24) is 5.32 Å². The van der Waals surface area contributed by atoms with Crippen LogP contribution in [0.2, 0.25) is 0 Å². The van der Waals surface area contributed by atoms with Crippen LogP contribution in [0.15, 0.2) is 18.2 Å². The quantitative estimate of drug-likeness (QED) is 0.698. The minimum absolute atomic E-state index is 0.257. The van der Waals surface area contributed by atoms with Crippen LogP contribution in [0.4, 0.5) is 0 Å². The maximum absolute atomic E-state index is 10.1. The summed E-state index contributed by atoms with van der Waals surface area (Å²) in [5.41, 5.74) is 0.841. The van der Waals surface area contributed by atoms with E-state index in [0.29, 0.717) is 12.3 Å². The van der Waals surface area contributed by atoms with E-state index in [1.807, 2.05) is 18.2 Å². The summed E-state index contributed by atoms with van der Waals surface area (Å²) in [6, 6.07) is 5.53. The fraction of sp³-hybridized carbons (Fsp3) is 0.571. The molecule has 2 rings (SSSR count). The molecule has 1 heterocycles. The number of ether oxygens (including phenoxy) is 3. The average Bonchev–Trinajstić information content (AvgIpc) is 2.89. The molecule has 1 aromatic rings. The summed E-state index contributed by atoms with van der Waals surface area (Å²) in [5.74, 6) is 1.44. The highest BCUT2D eigenvalue weighted by molar-refractivity contribution is 5.45. The first kappa shape index (κ1) is 14.1. The van der Waals surface area contributed by atoms with E-state index in [1.165, 1.54) is 0 Å². The van der Waals surface area contributed by atoms with Gasteiger partial charge < -0.3 is 24.6 Å². The Morgan fingerprint density at radius 3 is 3.00 bits per heavy atom. The highest BCUT2D eigenvalue weighted by Crippen LogP contribution is 2.33. The second kappa shape index (κ2) is 7.33. The lowest BCUT2D eigenvalue weighted by Gasteiger charge is -2.12. The largest absolute Gasteiger partial charge is 0.454 e. The number of nitrogens with one attached hydrogen (secondary N) is 1. The van der Waals surface area contributed by atoms with E-state index in [4.69, 9.17) is 14.2 Å². The standard InChI is InChI=1S/C14H21NO4/c1-17-7-3-2-6-15-9-12(16)11-4-5-13-14(8-11)19-10-18-13/h4-5,8,12,15-16H,2-3,6-7,9-10H2,1H3. The molecule has 106 valence electrons. The summed E-state index contributed by atoms with van der Waals surface area (Å²) >= 11 is 0. The van der Waals surface area contributed by atoms with Crippen molar-refractivity contribution in [2.45, 2.75) is 18.9 Å². The fourth-order valence-corrected chi connectivity index (χ4v) is 1.97. The zero-order valence-corrected chi connectivity index (χ0v) is 11.2. The first-order valence-electron chi connectivity index (χ1n) is 6.58. The molecule has 1 unspecified atom stereocenters. The Hall–Kier alpha value is -1.30. The Labute approximate surface area is 113 Å². The Morgan fingerprint density at radius 1 is 1.32 bits per heavy atom. The fourth-order valence-electron chi connectivity index (χ4n) is 1.97. The Kier molecular flexibility index (Phi) is 5.44. The molecule has 0 aromatic heterocycles. The van der Waals surface area contributed by atoms with Crippen LogP contribution in [0.3, 0.4) is 0 Å². The number of aliphatic hydroxyl groups is 1. The Bertz CT molecular complexity index is 397. The molecule has 1 aliphatic heterocycles. The highest BCUT2D eigenvalue weighted by atomic mass is 16.7. The van der Waals surface area contributed by atoms with Crippen LogP contribution >= 0.6 is 0 Å². The van der Waals surface area contributed by atoms with Crippen molar-refractivity contribution in [1.29, 1.82) is 0 Å². The maximum Gasteiger partial charge on any atom is 0.231 e. The summed E-state index contributed by atoms with van der Waals surface area (Å²) in [5, 5.41) is 13.3. The lowest BCUT2D eigenvalue weighted by molar-refractivity contribution is 0.169. The normalized spacial score (nSPS) is 14.6. The van der Waals surface area contributed by atoms with Gasteiger partial charge in [-0.25, -0.2) is 0 Å². The van der Waals surface area contributed by atoms with Gasteiger partial charge in [0, 0.05) is 20.3 Å². The van der Waals surface area contributed by atoms with E-state index in [1.54, 1.807) is 7.11 Å². The molecular formula is C14H21NO4. The van der Waals surface area contributed by atoms with Crippen LogP contribution in [-0.4, -0.2) is 38.7 Å². The van der Waals surface area contributed by atoms with Gasteiger partial charge in [0.05, 0.1) is 6.10 Å². The third-order valence-corrected chi connectivity index (χ3v) is 3.07. The molecule has 1 atom stereocenters. The number of fused-ring (bicyclic) bond motifs is 1. The molecule has 0 spiro atoms. The monoisotopic (exact) mass is 267 g/mol. The molecule has 0 bridgehead atoms. The van der Waals surface area contributed by atoms with Crippen molar-refractivity contribution in [3.8, 4) is 11.5 Å². The maximum atomic E-state index is 10.1. The second-order valence-electron chi connectivity index (χ2n) is 4.53. The van der Waals surface area contributed by atoms with Crippen LogP contribution in [0, 0.1) is 0 Å². The molecule has 5 heteroatoms. The molecule has 0 saturated heterocycles. The van der Waals surface area contributed by atoms with E-state index in [9.17, 15) is 5.11 Å². The summed E-state index contributed by atoms with van der Waals surface area (Å²) in [7, 11) is 1.71. The minimum atomic E-state index is -0.531. The summed E-state index contributed by atoms with van der Waals surface area (Å²) in [4.78, 5) is 0. The van der Waals surface area contributed by atoms with Crippen molar-refractivity contribution in [3.63, 3.8) is 0 Å². The summed E-state index contributed by atoms with van der Waals surface area (Å²) in [6.07, 6.45) is 1.54. The average molecular weight is 267 g/mol. The van der Waals surface area contributed by atoms with E-state index < -0.39 is 6.10 Å². The van der Waals surface area contributed by atoms with E-state index in [2.05, 4.69) is 5.32 Å². The second-order valence-corrected chi connectivity index (χ2v) is 4.53. The molecule has 0 amide bonds. The van der Waals surface area contributed by atoms with Gasteiger partial charge in [-0.2, -0.15) is 0 Å². The van der Waals surface area contributed by atoms with Gasteiger partial charge in [-0.1, -0.05) is 6.07 Å². The zero-order chi connectivity index (χ0) is 13.5. The van der Waals surface area contributed by atoms with Crippen molar-refractivity contribution >= 4 is 0 Å². The minimum Gasteiger partial charge on any atom is -0.454 e. The zero-order valence-electron chi connectivity index (χ0n) is 11.2. The molecule has 2 N–H and O–H groups in total. The van der Waals surface area contributed by atoms with Crippen LogP contribution in [0.25, 0.3) is 0 Å². The van der Waals surface area contributed by atoms with Crippen molar-refractivity contribution in [2.24, 2.45) is 0 Å². The summed E-state index contributed by atoms with van der Waals surface area (Å²) < 4.78 is 15.5. The van der Waals surface area contributed by atoms with Crippen LogP contribution in [0.5, 0.6) is 11.5 Å². The van der Waals surface area contributed by atoms with Crippen LogP contribution in [-0.2, 0) is 4.74 Å². The SMILES string of the molecule is COCCCCNCC(O)c1ccc2c(c1)OCO2. The van der Waals surface area contributed by atoms with Crippen molar-refractivity contribution in [3.05, 3.63) is 23.8 Å². The van der Waals surface area contributed by atoms with Crippen molar-refractivity contribution < 1.29 is 19.3 Å². The molecule has 1 aromatic carbocycles. The number of methoxy groups -OCH3 is 1. The smallest absolute Gasteiger partial charge is 0.231 e. The third-order valence-electron chi connectivity index (χ3n) is 3.07. The van der Waals surface area contributed by atoms with Gasteiger partial charge in [-0.3, -0.25) is 0 Å². The van der Waals surface area contributed by atoms with Gasteiger partial charge in [0.15, 0.2) is 11.5 Å². The molecule has 5 nitrogen and oxygen atoms in total. The first-order valence-corrected chi connectivity index (χ1v) is 6.58. The predicted octanol–water partition coefficient (Wildman–Crippen LogP) is 1.46.